The topological polar surface area (TPSA) is 140 Å². The van der Waals surface area contributed by atoms with Crippen molar-refractivity contribution in [2.45, 2.75) is 6.04 Å². The summed E-state index contributed by atoms with van der Waals surface area (Å²) >= 11 is 0. The Morgan fingerprint density at radius 3 is 1.94 bits per heavy atom. The van der Waals surface area contributed by atoms with Crippen LogP contribution < -0.4 is 27.7 Å². The van der Waals surface area contributed by atoms with Crippen LogP contribution in [0.2, 0.25) is 0 Å². The lowest BCUT2D eigenvalue weighted by Gasteiger charge is -2.24. The molecule has 0 amide bonds. The number of nitrogens with two attached hydrogens (primary N) is 4. The smallest absolute Gasteiger partial charge is 0.151 e. The minimum absolute atomic E-state index is 0.170. The molecule has 1 aromatic rings. The van der Waals surface area contributed by atoms with E-state index >= 15 is 0 Å². The third-order valence-corrected chi connectivity index (χ3v) is 2.77. The Labute approximate surface area is 106 Å². The van der Waals surface area contributed by atoms with E-state index < -0.39 is 6.04 Å². The van der Waals surface area contributed by atoms with Crippen molar-refractivity contribution in [3.05, 3.63) is 5.56 Å². The Bertz CT molecular complexity index is 505. The first-order valence-corrected chi connectivity index (χ1v) is 5.22. The highest BCUT2D eigenvalue weighted by atomic mass is 16.5. The van der Waals surface area contributed by atoms with E-state index in [1.165, 1.54) is 7.11 Å². The summed E-state index contributed by atoms with van der Waals surface area (Å²) in [4.78, 5) is 1.68. The van der Waals surface area contributed by atoms with E-state index in [1.807, 2.05) is 0 Å². The van der Waals surface area contributed by atoms with E-state index in [-0.39, 0.29) is 22.7 Å². The summed E-state index contributed by atoms with van der Waals surface area (Å²) in [5.41, 5.74) is 24.5. The normalized spacial score (nSPS) is 12.2. The summed E-state index contributed by atoms with van der Waals surface area (Å²) < 4.78 is 5.21. The number of benzene rings is 1. The van der Waals surface area contributed by atoms with Gasteiger partial charge in [-0.25, -0.2) is 0 Å². The molecule has 1 unspecified atom stereocenters. The van der Waals surface area contributed by atoms with Crippen LogP contribution in [0.3, 0.4) is 0 Å². The predicted molar refractivity (Wildman–Crippen MR) is 72.7 cm³/mol. The van der Waals surface area contributed by atoms with Crippen molar-refractivity contribution >= 4 is 22.7 Å². The largest absolute Gasteiger partial charge is 0.494 e. The molecule has 0 saturated heterocycles. The molecule has 0 aliphatic heterocycles. The second-order valence-electron chi connectivity index (χ2n) is 4.10. The third kappa shape index (κ3) is 1.94. The molecule has 1 aromatic carbocycles. The molecule has 0 radical (unpaired) electrons. The summed E-state index contributed by atoms with van der Waals surface area (Å²) in [5, 5.41) is 9.23. The lowest BCUT2D eigenvalue weighted by molar-refractivity contribution is 0.342. The van der Waals surface area contributed by atoms with Crippen molar-refractivity contribution in [2.75, 3.05) is 44.1 Å². The predicted octanol–water partition coefficient (Wildman–Crippen LogP) is 0.150. The first-order chi connectivity index (χ1) is 8.36. The fourth-order valence-electron chi connectivity index (χ4n) is 1.75. The van der Waals surface area contributed by atoms with Crippen LogP contribution in [-0.2, 0) is 0 Å². The van der Waals surface area contributed by atoms with Crippen LogP contribution in [0, 0.1) is 11.3 Å². The molecular weight excluding hydrogens is 232 g/mol. The number of hydrogen-bond donors (Lipinski definition) is 4. The number of nitriles is 1. The zero-order valence-electron chi connectivity index (χ0n) is 10.7. The number of ether oxygens (including phenoxy) is 1. The van der Waals surface area contributed by atoms with Crippen molar-refractivity contribution < 1.29 is 4.74 Å². The Hall–Kier alpha value is -2.33. The second kappa shape index (κ2) is 4.89. The Balaban J connectivity index is 3.67. The maximum atomic E-state index is 9.23. The van der Waals surface area contributed by atoms with Gasteiger partial charge in [-0.15, -0.1) is 0 Å². The molecule has 0 fully saturated rings. The number of nitrogens with zero attached hydrogens (tertiary/aromatic N) is 2. The number of anilines is 4. The molecule has 0 saturated carbocycles. The van der Waals surface area contributed by atoms with E-state index in [0.717, 1.165) is 0 Å². The van der Waals surface area contributed by atoms with Crippen LogP contribution in [0.5, 0.6) is 5.75 Å². The van der Waals surface area contributed by atoms with Crippen molar-refractivity contribution in [1.29, 1.82) is 5.26 Å². The number of hydrogen-bond acceptors (Lipinski definition) is 7. The van der Waals surface area contributed by atoms with Gasteiger partial charge in [0.25, 0.3) is 0 Å². The fourth-order valence-corrected chi connectivity index (χ4v) is 1.75. The van der Waals surface area contributed by atoms with E-state index in [0.29, 0.717) is 11.3 Å². The van der Waals surface area contributed by atoms with Gasteiger partial charge in [-0.05, 0) is 14.1 Å². The van der Waals surface area contributed by atoms with Gasteiger partial charge >= 0.3 is 0 Å². The van der Waals surface area contributed by atoms with Crippen LogP contribution >= 0.6 is 0 Å². The highest BCUT2D eigenvalue weighted by Crippen LogP contribution is 2.45. The Morgan fingerprint density at radius 2 is 1.56 bits per heavy atom. The molecule has 0 spiro atoms. The molecule has 18 heavy (non-hydrogen) atoms. The van der Waals surface area contributed by atoms with Crippen LogP contribution in [0.4, 0.5) is 22.7 Å². The molecule has 1 atom stereocenters. The molecule has 8 N–H and O–H groups in total. The minimum Gasteiger partial charge on any atom is -0.494 e. The van der Waals surface area contributed by atoms with Gasteiger partial charge in [0.15, 0.2) is 5.75 Å². The van der Waals surface area contributed by atoms with Crippen LogP contribution in [-0.4, -0.2) is 26.1 Å². The number of rotatable bonds is 3. The van der Waals surface area contributed by atoms with Gasteiger partial charge in [0, 0.05) is 0 Å². The van der Waals surface area contributed by atoms with Gasteiger partial charge in [0.05, 0.1) is 35.8 Å². The highest BCUT2D eigenvalue weighted by Gasteiger charge is 2.26. The monoisotopic (exact) mass is 250 g/mol. The van der Waals surface area contributed by atoms with Crippen molar-refractivity contribution in [3.63, 3.8) is 0 Å². The molecule has 7 nitrogen and oxygen atoms in total. The van der Waals surface area contributed by atoms with Gasteiger partial charge in [-0.2, -0.15) is 5.26 Å². The van der Waals surface area contributed by atoms with E-state index in [9.17, 15) is 5.26 Å². The zero-order valence-corrected chi connectivity index (χ0v) is 10.7. The van der Waals surface area contributed by atoms with Gasteiger partial charge in [-0.3, -0.25) is 4.90 Å². The highest BCUT2D eigenvalue weighted by molar-refractivity contribution is 5.93. The molecule has 0 aliphatic rings. The first-order valence-electron chi connectivity index (χ1n) is 5.22. The quantitative estimate of drug-likeness (QED) is 0.559. The van der Waals surface area contributed by atoms with Gasteiger partial charge in [-0.1, -0.05) is 0 Å². The Kier molecular flexibility index (Phi) is 3.73. The maximum absolute atomic E-state index is 9.23. The van der Waals surface area contributed by atoms with Crippen molar-refractivity contribution in [3.8, 4) is 11.8 Å². The zero-order chi connectivity index (χ0) is 14.0. The van der Waals surface area contributed by atoms with Gasteiger partial charge < -0.3 is 27.7 Å². The van der Waals surface area contributed by atoms with Crippen molar-refractivity contribution in [2.24, 2.45) is 0 Å². The second-order valence-corrected chi connectivity index (χ2v) is 4.10. The van der Waals surface area contributed by atoms with Gasteiger partial charge in [0.2, 0.25) is 0 Å². The van der Waals surface area contributed by atoms with E-state index in [4.69, 9.17) is 27.7 Å². The SMILES string of the molecule is COc1c(N)c(N)c(N)c(N)c1C(C#N)N(C)C. The molecular formula is C11H18N6O. The van der Waals surface area contributed by atoms with Gasteiger partial charge in [0.1, 0.15) is 11.7 Å². The molecule has 7 heteroatoms. The molecule has 0 heterocycles. The summed E-state index contributed by atoms with van der Waals surface area (Å²) in [6.07, 6.45) is 0. The number of methoxy groups -OCH3 is 1. The molecule has 0 aliphatic carbocycles. The minimum atomic E-state index is -0.620. The lowest BCUT2D eigenvalue weighted by Crippen LogP contribution is -2.22. The lowest BCUT2D eigenvalue weighted by atomic mass is 9.99. The molecule has 0 aromatic heterocycles. The third-order valence-electron chi connectivity index (χ3n) is 2.77. The van der Waals surface area contributed by atoms with Crippen LogP contribution in [0.25, 0.3) is 0 Å². The summed E-state index contributed by atoms with van der Waals surface area (Å²) in [6.45, 7) is 0. The van der Waals surface area contributed by atoms with Crippen molar-refractivity contribution in [1.82, 2.24) is 4.90 Å². The number of nitrogen functional groups attached to an aromatic ring is 4. The van der Waals surface area contributed by atoms with Crippen LogP contribution in [0.15, 0.2) is 0 Å². The maximum Gasteiger partial charge on any atom is 0.151 e. The van der Waals surface area contributed by atoms with E-state index in [1.54, 1.807) is 19.0 Å². The molecule has 0 bridgehead atoms. The summed E-state index contributed by atoms with van der Waals surface area (Å²) in [6, 6.07) is 1.50. The standard InChI is InChI=1S/C11H18N6O/c1-17(2)5(4-12)6-7(13)8(14)9(15)10(16)11(6)18-3/h5H,13-16H2,1-3H3. The summed E-state index contributed by atoms with van der Waals surface area (Å²) in [7, 11) is 4.93. The Morgan fingerprint density at radius 1 is 1.06 bits per heavy atom. The molecule has 98 valence electrons. The fraction of sp³-hybridized carbons (Fsp3) is 0.364. The average molecular weight is 250 g/mol. The summed E-state index contributed by atoms with van der Waals surface area (Å²) in [5.74, 6) is 0.291. The first kappa shape index (κ1) is 13.7. The van der Waals surface area contributed by atoms with Crippen LogP contribution in [0.1, 0.15) is 11.6 Å². The molecule has 1 rings (SSSR count). The average Bonchev–Trinajstić information content (AvgIpc) is 2.33. The van der Waals surface area contributed by atoms with E-state index in [2.05, 4.69) is 6.07 Å².